The molecule has 2 N–H and O–H groups in total. The van der Waals surface area contributed by atoms with Crippen LogP contribution in [0.2, 0.25) is 0 Å². The summed E-state index contributed by atoms with van der Waals surface area (Å²) in [6.07, 6.45) is 1.71. The first-order valence-electron chi connectivity index (χ1n) is 6.50. The molecule has 5 heteroatoms. The second-order valence-corrected chi connectivity index (χ2v) is 4.76. The zero-order chi connectivity index (χ0) is 13.7. The van der Waals surface area contributed by atoms with Crippen molar-refractivity contribution in [1.29, 1.82) is 0 Å². The fourth-order valence-corrected chi connectivity index (χ4v) is 1.74. The van der Waals surface area contributed by atoms with Crippen molar-refractivity contribution in [2.45, 2.75) is 32.7 Å². The number of aryl methyl sites for hydroxylation is 1. The molecule has 1 heterocycles. The third-order valence-corrected chi connectivity index (χ3v) is 2.68. The van der Waals surface area contributed by atoms with Crippen molar-refractivity contribution >= 4 is 0 Å². The van der Waals surface area contributed by atoms with Gasteiger partial charge in [-0.3, -0.25) is 0 Å². The Labute approximate surface area is 112 Å². The molecule has 0 aliphatic rings. The van der Waals surface area contributed by atoms with Crippen molar-refractivity contribution < 1.29 is 9.52 Å². The Morgan fingerprint density at radius 3 is 2.89 bits per heavy atom. The van der Waals surface area contributed by atoms with Crippen molar-refractivity contribution in [3.05, 3.63) is 30.2 Å². The predicted octanol–water partition coefficient (Wildman–Crippen LogP) is 2.37. The maximum atomic E-state index is 9.41. The lowest BCUT2D eigenvalue weighted by Crippen LogP contribution is -2.23. The minimum Gasteiger partial charge on any atom is -0.508 e. The van der Waals surface area contributed by atoms with E-state index in [0.717, 1.165) is 24.9 Å². The van der Waals surface area contributed by atoms with Gasteiger partial charge in [0.2, 0.25) is 11.8 Å². The molecule has 1 aromatic heterocycles. The second kappa shape index (κ2) is 6.33. The average molecular weight is 261 g/mol. The van der Waals surface area contributed by atoms with Crippen LogP contribution in [-0.4, -0.2) is 27.9 Å². The van der Waals surface area contributed by atoms with Crippen molar-refractivity contribution in [3.63, 3.8) is 0 Å². The molecule has 2 rings (SSSR count). The molecule has 0 bridgehead atoms. The summed E-state index contributed by atoms with van der Waals surface area (Å²) in [5, 5.41) is 20.8. The predicted molar refractivity (Wildman–Crippen MR) is 72.9 cm³/mol. The highest BCUT2D eigenvalue weighted by molar-refractivity contribution is 5.54. The standard InChI is InChI=1S/C14H19N3O2/c1-10(2)15-8-4-7-13-16-17-14(19-13)11-5-3-6-12(18)9-11/h3,5-6,9-10,15,18H,4,7-8H2,1-2H3. The first kappa shape index (κ1) is 13.5. The maximum absolute atomic E-state index is 9.41. The number of hydrogen-bond acceptors (Lipinski definition) is 5. The van der Waals surface area contributed by atoms with Gasteiger partial charge < -0.3 is 14.8 Å². The van der Waals surface area contributed by atoms with Gasteiger partial charge in [0.25, 0.3) is 0 Å². The molecule has 5 nitrogen and oxygen atoms in total. The van der Waals surface area contributed by atoms with E-state index in [0.29, 0.717) is 17.8 Å². The van der Waals surface area contributed by atoms with Crippen LogP contribution in [0.3, 0.4) is 0 Å². The van der Waals surface area contributed by atoms with E-state index >= 15 is 0 Å². The summed E-state index contributed by atoms with van der Waals surface area (Å²) in [7, 11) is 0. The van der Waals surface area contributed by atoms with Crippen LogP contribution in [-0.2, 0) is 6.42 Å². The van der Waals surface area contributed by atoms with E-state index in [1.54, 1.807) is 18.2 Å². The molecule has 0 fully saturated rings. The Balaban J connectivity index is 1.92. The van der Waals surface area contributed by atoms with Crippen molar-refractivity contribution in [2.75, 3.05) is 6.54 Å². The Kier molecular flexibility index (Phi) is 4.52. The maximum Gasteiger partial charge on any atom is 0.247 e. The Bertz CT molecular complexity index is 523. The number of phenols is 1. The van der Waals surface area contributed by atoms with Crippen LogP contribution in [0.5, 0.6) is 5.75 Å². The quantitative estimate of drug-likeness (QED) is 0.781. The monoisotopic (exact) mass is 261 g/mol. The summed E-state index contributed by atoms with van der Waals surface area (Å²) >= 11 is 0. The smallest absolute Gasteiger partial charge is 0.247 e. The highest BCUT2D eigenvalue weighted by Crippen LogP contribution is 2.22. The van der Waals surface area contributed by atoms with Crippen molar-refractivity contribution in [1.82, 2.24) is 15.5 Å². The number of aromatic hydroxyl groups is 1. The van der Waals surface area contributed by atoms with E-state index in [4.69, 9.17) is 4.42 Å². The van der Waals surface area contributed by atoms with Crippen LogP contribution in [0.25, 0.3) is 11.5 Å². The molecule has 1 aromatic carbocycles. The molecule has 102 valence electrons. The van der Waals surface area contributed by atoms with Gasteiger partial charge in [-0.25, -0.2) is 0 Å². The van der Waals surface area contributed by atoms with E-state index in [1.807, 2.05) is 6.07 Å². The van der Waals surface area contributed by atoms with Crippen molar-refractivity contribution in [2.24, 2.45) is 0 Å². The fourth-order valence-electron chi connectivity index (χ4n) is 1.74. The topological polar surface area (TPSA) is 71.2 Å². The Hall–Kier alpha value is -1.88. The highest BCUT2D eigenvalue weighted by atomic mass is 16.4. The van der Waals surface area contributed by atoms with Gasteiger partial charge in [-0.2, -0.15) is 0 Å². The lowest BCUT2D eigenvalue weighted by Gasteiger charge is -2.05. The van der Waals surface area contributed by atoms with Crippen LogP contribution in [0.15, 0.2) is 28.7 Å². The Morgan fingerprint density at radius 1 is 1.32 bits per heavy atom. The summed E-state index contributed by atoms with van der Waals surface area (Å²) in [5.41, 5.74) is 0.735. The van der Waals surface area contributed by atoms with Gasteiger partial charge >= 0.3 is 0 Å². The van der Waals surface area contributed by atoms with Gasteiger partial charge in [0.05, 0.1) is 0 Å². The largest absolute Gasteiger partial charge is 0.508 e. The highest BCUT2D eigenvalue weighted by Gasteiger charge is 2.08. The first-order chi connectivity index (χ1) is 9.15. The normalized spacial score (nSPS) is 11.1. The van der Waals surface area contributed by atoms with E-state index in [-0.39, 0.29) is 5.75 Å². The van der Waals surface area contributed by atoms with Crippen LogP contribution in [0.4, 0.5) is 0 Å². The number of aromatic nitrogens is 2. The van der Waals surface area contributed by atoms with Crippen LogP contribution in [0, 0.1) is 0 Å². The van der Waals surface area contributed by atoms with Crippen LogP contribution < -0.4 is 5.32 Å². The number of nitrogens with one attached hydrogen (secondary N) is 1. The molecule has 0 spiro atoms. The van der Waals surface area contributed by atoms with E-state index in [2.05, 4.69) is 29.4 Å². The number of hydrogen-bond donors (Lipinski definition) is 2. The molecule has 0 aliphatic heterocycles. The minimum absolute atomic E-state index is 0.193. The van der Waals surface area contributed by atoms with Gasteiger partial charge in [0.1, 0.15) is 5.75 Å². The third kappa shape index (κ3) is 4.06. The summed E-state index contributed by atoms with van der Waals surface area (Å²) in [4.78, 5) is 0. The zero-order valence-corrected chi connectivity index (χ0v) is 11.3. The summed E-state index contributed by atoms with van der Waals surface area (Å²) < 4.78 is 5.57. The molecule has 0 saturated carbocycles. The lowest BCUT2D eigenvalue weighted by atomic mass is 10.2. The van der Waals surface area contributed by atoms with E-state index < -0.39 is 0 Å². The molecular weight excluding hydrogens is 242 g/mol. The second-order valence-electron chi connectivity index (χ2n) is 4.76. The van der Waals surface area contributed by atoms with Crippen LogP contribution >= 0.6 is 0 Å². The SMILES string of the molecule is CC(C)NCCCc1nnc(-c2cccc(O)c2)o1. The molecule has 0 unspecified atom stereocenters. The molecule has 19 heavy (non-hydrogen) atoms. The molecule has 0 atom stereocenters. The molecule has 0 amide bonds. The average Bonchev–Trinajstić information content (AvgIpc) is 2.83. The van der Waals surface area contributed by atoms with Gasteiger partial charge in [-0.15, -0.1) is 10.2 Å². The summed E-state index contributed by atoms with van der Waals surface area (Å²) in [6.45, 7) is 5.17. The van der Waals surface area contributed by atoms with Crippen LogP contribution in [0.1, 0.15) is 26.2 Å². The zero-order valence-electron chi connectivity index (χ0n) is 11.3. The van der Waals surface area contributed by atoms with Gasteiger partial charge in [0, 0.05) is 18.0 Å². The Morgan fingerprint density at radius 2 is 2.16 bits per heavy atom. The van der Waals surface area contributed by atoms with E-state index in [1.165, 1.54) is 0 Å². The summed E-state index contributed by atoms with van der Waals surface area (Å²) in [6, 6.07) is 7.29. The summed E-state index contributed by atoms with van der Waals surface area (Å²) in [5.74, 6) is 1.27. The number of nitrogens with zero attached hydrogens (tertiary/aromatic N) is 2. The molecule has 2 aromatic rings. The van der Waals surface area contributed by atoms with Gasteiger partial charge in [-0.1, -0.05) is 19.9 Å². The number of benzene rings is 1. The van der Waals surface area contributed by atoms with Gasteiger partial charge in [0.15, 0.2) is 0 Å². The lowest BCUT2D eigenvalue weighted by molar-refractivity contribution is 0.472. The number of rotatable bonds is 6. The molecule has 0 saturated heterocycles. The minimum atomic E-state index is 0.193. The number of phenolic OH excluding ortho intramolecular Hbond substituents is 1. The molecule has 0 aliphatic carbocycles. The van der Waals surface area contributed by atoms with E-state index in [9.17, 15) is 5.11 Å². The van der Waals surface area contributed by atoms with Gasteiger partial charge in [-0.05, 0) is 31.2 Å². The van der Waals surface area contributed by atoms with Crippen molar-refractivity contribution in [3.8, 4) is 17.2 Å². The first-order valence-corrected chi connectivity index (χ1v) is 6.50. The fraction of sp³-hybridized carbons (Fsp3) is 0.429. The third-order valence-electron chi connectivity index (χ3n) is 2.68. The molecule has 0 radical (unpaired) electrons. The molecular formula is C14H19N3O2.